The highest BCUT2D eigenvalue weighted by Gasteiger charge is 2.28. The van der Waals surface area contributed by atoms with Crippen molar-refractivity contribution in [3.8, 4) is 11.7 Å². The van der Waals surface area contributed by atoms with Crippen molar-refractivity contribution in [2.24, 2.45) is 0 Å². The van der Waals surface area contributed by atoms with Crippen LogP contribution in [0.4, 0.5) is 0 Å². The fraction of sp³-hybridized carbons (Fsp3) is 0.353. The lowest BCUT2D eigenvalue weighted by Crippen LogP contribution is -2.48. The van der Waals surface area contributed by atoms with Crippen molar-refractivity contribution < 1.29 is 18.7 Å². The van der Waals surface area contributed by atoms with Crippen LogP contribution in [0.3, 0.4) is 0 Å². The number of morpholine rings is 1. The van der Waals surface area contributed by atoms with E-state index in [2.05, 4.69) is 0 Å². The summed E-state index contributed by atoms with van der Waals surface area (Å²) in [5.41, 5.74) is 0. The summed E-state index contributed by atoms with van der Waals surface area (Å²) in [7, 11) is 0. The molecule has 0 saturated carbocycles. The molecule has 0 radical (unpaired) electrons. The first-order chi connectivity index (χ1) is 11.0. The second-order valence-corrected chi connectivity index (χ2v) is 6.08. The van der Waals surface area contributed by atoms with E-state index < -0.39 is 0 Å². The summed E-state index contributed by atoms with van der Waals surface area (Å²) >= 11 is 5.91. The van der Waals surface area contributed by atoms with Gasteiger partial charge < -0.3 is 18.8 Å². The largest absolute Gasteiger partial charge is 0.426 e. The minimum absolute atomic E-state index is 0.0137. The third kappa shape index (κ3) is 3.86. The molecule has 0 aliphatic carbocycles. The smallest absolute Gasteiger partial charge is 0.290 e. The van der Waals surface area contributed by atoms with E-state index in [4.69, 9.17) is 25.5 Å². The molecule has 1 aromatic heterocycles. The first kappa shape index (κ1) is 15.9. The van der Waals surface area contributed by atoms with Gasteiger partial charge in [0, 0.05) is 24.2 Å². The summed E-state index contributed by atoms with van der Waals surface area (Å²) in [6.45, 7) is 5.00. The van der Waals surface area contributed by atoms with Crippen LogP contribution in [0.5, 0.6) is 11.7 Å². The summed E-state index contributed by atoms with van der Waals surface area (Å²) in [4.78, 5) is 14.2. The first-order valence-corrected chi connectivity index (χ1v) is 7.87. The Balaban J connectivity index is 1.70. The number of hydrogen-bond donors (Lipinski definition) is 0. The van der Waals surface area contributed by atoms with Gasteiger partial charge in [-0.3, -0.25) is 4.79 Å². The SMILES string of the molecule is C[C@@H]1CN(C(=O)c2ccc(Oc3cccc(Cl)c3)o2)C[C@H](C)O1. The molecule has 1 fully saturated rings. The predicted octanol–water partition coefficient (Wildman–Crippen LogP) is 3.97. The average molecular weight is 336 g/mol. The standard InChI is InChI=1S/C17H18ClNO4/c1-11-9-19(10-12(2)21-11)17(20)15-6-7-16(23-15)22-14-5-3-4-13(18)8-14/h3-8,11-12H,9-10H2,1-2H3/t11-,12+. The Morgan fingerprint density at radius 1 is 1.22 bits per heavy atom. The van der Waals surface area contributed by atoms with Gasteiger partial charge in [0.2, 0.25) is 0 Å². The van der Waals surface area contributed by atoms with Gasteiger partial charge in [0.1, 0.15) is 5.75 Å². The molecule has 1 aliphatic heterocycles. The van der Waals surface area contributed by atoms with Gasteiger partial charge in [-0.05, 0) is 38.1 Å². The van der Waals surface area contributed by atoms with Crippen molar-refractivity contribution >= 4 is 17.5 Å². The monoisotopic (exact) mass is 335 g/mol. The molecular formula is C17H18ClNO4. The Morgan fingerprint density at radius 2 is 1.96 bits per heavy atom. The van der Waals surface area contributed by atoms with Crippen LogP contribution in [-0.4, -0.2) is 36.1 Å². The van der Waals surface area contributed by atoms with Crippen LogP contribution in [0.15, 0.2) is 40.8 Å². The Bertz CT molecular complexity index is 689. The maximum atomic E-state index is 12.5. The lowest BCUT2D eigenvalue weighted by molar-refractivity contribution is -0.0592. The van der Waals surface area contributed by atoms with Crippen molar-refractivity contribution in [3.63, 3.8) is 0 Å². The topological polar surface area (TPSA) is 51.9 Å². The number of halogens is 1. The second kappa shape index (κ2) is 6.64. The zero-order valence-corrected chi connectivity index (χ0v) is 13.7. The Morgan fingerprint density at radius 3 is 2.65 bits per heavy atom. The van der Waals surface area contributed by atoms with Gasteiger partial charge in [-0.15, -0.1) is 0 Å². The molecule has 1 aliphatic rings. The summed E-state index contributed by atoms with van der Waals surface area (Å²) in [5, 5.41) is 0.571. The van der Waals surface area contributed by atoms with Gasteiger partial charge in [-0.25, -0.2) is 0 Å². The van der Waals surface area contributed by atoms with Crippen molar-refractivity contribution in [3.05, 3.63) is 47.2 Å². The fourth-order valence-electron chi connectivity index (χ4n) is 2.64. The zero-order valence-electron chi connectivity index (χ0n) is 13.0. The lowest BCUT2D eigenvalue weighted by Gasteiger charge is -2.34. The molecule has 2 heterocycles. The molecule has 122 valence electrons. The molecule has 0 spiro atoms. The van der Waals surface area contributed by atoms with Crippen LogP contribution in [0.1, 0.15) is 24.4 Å². The second-order valence-electron chi connectivity index (χ2n) is 5.65. The molecule has 0 bridgehead atoms. The third-order valence-corrected chi connectivity index (χ3v) is 3.75. The van der Waals surface area contributed by atoms with Crippen LogP contribution < -0.4 is 4.74 Å². The maximum absolute atomic E-state index is 12.5. The zero-order chi connectivity index (χ0) is 16.4. The van der Waals surface area contributed by atoms with E-state index in [0.29, 0.717) is 23.9 Å². The number of amides is 1. The Kier molecular flexibility index (Phi) is 4.59. The van der Waals surface area contributed by atoms with E-state index in [9.17, 15) is 4.79 Å². The molecule has 1 amide bonds. The van der Waals surface area contributed by atoms with Gasteiger partial charge in [-0.2, -0.15) is 0 Å². The molecule has 1 saturated heterocycles. The van der Waals surface area contributed by atoms with E-state index >= 15 is 0 Å². The first-order valence-electron chi connectivity index (χ1n) is 7.49. The molecular weight excluding hydrogens is 318 g/mol. The number of carbonyl (C=O) groups is 1. The minimum Gasteiger partial charge on any atom is -0.426 e. The van der Waals surface area contributed by atoms with Crippen molar-refractivity contribution in [2.45, 2.75) is 26.1 Å². The quantitative estimate of drug-likeness (QED) is 0.851. The average Bonchev–Trinajstić information content (AvgIpc) is 2.94. The number of rotatable bonds is 3. The van der Waals surface area contributed by atoms with Crippen LogP contribution in [0.2, 0.25) is 5.02 Å². The van der Waals surface area contributed by atoms with E-state index in [-0.39, 0.29) is 29.8 Å². The van der Waals surface area contributed by atoms with Crippen LogP contribution in [0.25, 0.3) is 0 Å². The molecule has 0 N–H and O–H groups in total. The van der Waals surface area contributed by atoms with Crippen LogP contribution in [-0.2, 0) is 4.74 Å². The van der Waals surface area contributed by atoms with Crippen molar-refractivity contribution in [1.29, 1.82) is 0 Å². The van der Waals surface area contributed by atoms with Gasteiger partial charge in [0.25, 0.3) is 11.9 Å². The van der Waals surface area contributed by atoms with Gasteiger partial charge >= 0.3 is 0 Å². The number of furan rings is 1. The maximum Gasteiger partial charge on any atom is 0.290 e. The molecule has 23 heavy (non-hydrogen) atoms. The number of ether oxygens (including phenoxy) is 2. The normalized spacial score (nSPS) is 21.3. The van der Waals surface area contributed by atoms with Crippen molar-refractivity contribution in [2.75, 3.05) is 13.1 Å². The molecule has 2 aromatic rings. The van der Waals surface area contributed by atoms with E-state index in [1.165, 1.54) is 0 Å². The van der Waals surface area contributed by atoms with Crippen molar-refractivity contribution in [1.82, 2.24) is 4.90 Å². The van der Waals surface area contributed by atoms with Crippen LogP contribution in [0, 0.1) is 0 Å². The highest BCUT2D eigenvalue weighted by Crippen LogP contribution is 2.26. The van der Waals surface area contributed by atoms with Crippen LogP contribution >= 0.6 is 11.6 Å². The summed E-state index contributed by atoms with van der Waals surface area (Å²) in [6, 6.07) is 10.2. The van der Waals surface area contributed by atoms with Gasteiger partial charge in [-0.1, -0.05) is 17.7 Å². The summed E-state index contributed by atoms with van der Waals surface area (Å²) < 4.78 is 16.7. The Hall–Kier alpha value is -1.98. The third-order valence-electron chi connectivity index (χ3n) is 3.51. The highest BCUT2D eigenvalue weighted by molar-refractivity contribution is 6.30. The number of hydrogen-bond acceptors (Lipinski definition) is 4. The molecule has 3 rings (SSSR count). The molecule has 1 aromatic carbocycles. The minimum atomic E-state index is -0.159. The van der Waals surface area contributed by atoms with Gasteiger partial charge in [0.15, 0.2) is 5.76 Å². The Labute approximate surface area is 139 Å². The van der Waals surface area contributed by atoms with E-state index in [0.717, 1.165) is 0 Å². The highest BCUT2D eigenvalue weighted by atomic mass is 35.5. The summed E-state index contributed by atoms with van der Waals surface area (Å²) in [5.74, 6) is 0.903. The number of benzene rings is 1. The van der Waals surface area contributed by atoms with E-state index in [1.54, 1.807) is 41.3 Å². The molecule has 0 unspecified atom stereocenters. The summed E-state index contributed by atoms with van der Waals surface area (Å²) in [6.07, 6.45) is 0.0275. The lowest BCUT2D eigenvalue weighted by atomic mass is 10.2. The number of carbonyl (C=O) groups excluding carboxylic acids is 1. The number of nitrogens with zero attached hydrogens (tertiary/aromatic N) is 1. The fourth-order valence-corrected chi connectivity index (χ4v) is 2.82. The predicted molar refractivity (Wildman–Crippen MR) is 86.1 cm³/mol. The molecule has 5 nitrogen and oxygen atoms in total. The molecule has 2 atom stereocenters. The van der Waals surface area contributed by atoms with E-state index in [1.807, 2.05) is 13.8 Å². The van der Waals surface area contributed by atoms with Gasteiger partial charge in [0.05, 0.1) is 12.2 Å². The molecule has 6 heteroatoms.